The highest BCUT2D eigenvalue weighted by Crippen LogP contribution is 2.24. The number of fused-ring (bicyclic) bond motifs is 1. The molecule has 0 unspecified atom stereocenters. The molecule has 6 heteroatoms. The van der Waals surface area contributed by atoms with E-state index in [0.717, 1.165) is 30.5 Å². The highest BCUT2D eigenvalue weighted by molar-refractivity contribution is 6.01. The Hall–Kier alpha value is -2.44. The Bertz CT molecular complexity index is 840. The van der Waals surface area contributed by atoms with Crippen molar-refractivity contribution < 1.29 is 24.2 Å². The lowest BCUT2D eigenvalue weighted by atomic mass is 10.0. The second-order valence-corrected chi connectivity index (χ2v) is 7.31. The van der Waals surface area contributed by atoms with Gasteiger partial charge in [-0.15, -0.1) is 0 Å². The number of nitrogens with zero attached hydrogens (tertiary/aromatic N) is 1. The molecular formula is C22H27NO5. The number of hydrogen-bond donors (Lipinski definition) is 1. The number of aliphatic carboxylic acids is 1. The normalized spacial score (nSPS) is 22.9. The van der Waals surface area contributed by atoms with Crippen LogP contribution in [-0.2, 0) is 19.1 Å². The van der Waals surface area contributed by atoms with Crippen LogP contribution in [0.2, 0.25) is 0 Å². The van der Waals surface area contributed by atoms with E-state index >= 15 is 0 Å². The van der Waals surface area contributed by atoms with Crippen LogP contribution >= 0.6 is 0 Å². The maximum atomic E-state index is 11.1. The van der Waals surface area contributed by atoms with Crippen molar-refractivity contribution in [3.8, 4) is 0 Å². The first-order valence-electron chi connectivity index (χ1n) is 9.65. The number of rotatable bonds is 8. The smallest absolute Gasteiger partial charge is 0.364 e. The zero-order chi connectivity index (χ0) is 20.0. The Morgan fingerprint density at radius 2 is 1.89 bits per heavy atom. The fourth-order valence-corrected chi connectivity index (χ4v) is 3.14. The van der Waals surface area contributed by atoms with Gasteiger partial charge in [0.25, 0.3) is 5.79 Å². The van der Waals surface area contributed by atoms with Crippen LogP contribution in [0.1, 0.15) is 38.7 Å². The summed E-state index contributed by atoms with van der Waals surface area (Å²) in [6.45, 7) is 4.74. The number of benzene rings is 2. The van der Waals surface area contributed by atoms with Gasteiger partial charge in [0.1, 0.15) is 6.61 Å². The third-order valence-electron chi connectivity index (χ3n) is 5.04. The first-order valence-corrected chi connectivity index (χ1v) is 9.65. The number of carboxylic acid groups (broad SMARTS) is 1. The van der Waals surface area contributed by atoms with E-state index in [2.05, 4.69) is 35.5 Å². The first kappa shape index (κ1) is 20.3. The number of unbranched alkanes of at least 4 members (excludes halogenated alkanes) is 1. The Balaban J connectivity index is 1.36. The van der Waals surface area contributed by atoms with Gasteiger partial charge in [0.05, 0.1) is 18.9 Å². The van der Waals surface area contributed by atoms with Gasteiger partial charge < -0.3 is 19.4 Å². The molecule has 0 bridgehead atoms. The average Bonchev–Trinajstić information content (AvgIpc) is 2.71. The van der Waals surface area contributed by atoms with Crippen LogP contribution in [0.3, 0.4) is 0 Å². The highest BCUT2D eigenvalue weighted by Gasteiger charge is 2.40. The van der Waals surface area contributed by atoms with Crippen molar-refractivity contribution in [1.82, 2.24) is 0 Å². The molecule has 0 atom stereocenters. The van der Waals surface area contributed by atoms with Crippen molar-refractivity contribution in [2.75, 3.05) is 19.8 Å². The topological polar surface area (TPSA) is 77.4 Å². The molecule has 2 aromatic rings. The van der Waals surface area contributed by atoms with Crippen LogP contribution in [0.5, 0.6) is 0 Å². The maximum Gasteiger partial charge on any atom is 0.364 e. The summed E-state index contributed by atoms with van der Waals surface area (Å²) in [5.74, 6) is -2.37. The van der Waals surface area contributed by atoms with Crippen molar-refractivity contribution in [2.24, 2.45) is 11.1 Å². The van der Waals surface area contributed by atoms with Crippen LogP contribution < -0.4 is 0 Å². The van der Waals surface area contributed by atoms with Crippen LogP contribution in [0.4, 0.5) is 0 Å². The third kappa shape index (κ3) is 5.09. The van der Waals surface area contributed by atoms with Crippen molar-refractivity contribution in [3.63, 3.8) is 0 Å². The SMILES string of the molecule is C/C(=N\OCCCCC1COC(C)(C(=O)O)OC1)c1ccc2ccccc2c1. The van der Waals surface area contributed by atoms with Crippen LogP contribution in [0, 0.1) is 5.92 Å². The standard InChI is InChI=1S/C22H27NO5/c1-16(19-11-10-18-8-3-4-9-20(18)13-19)23-28-12-6-5-7-17-14-26-22(2,21(24)25)27-15-17/h3-4,8-11,13,17H,5-7,12,14-15H2,1-2H3,(H,24,25)/b23-16+. The molecule has 1 aliphatic heterocycles. The molecule has 0 aliphatic carbocycles. The molecule has 6 nitrogen and oxygen atoms in total. The molecule has 28 heavy (non-hydrogen) atoms. The number of carbonyl (C=O) groups is 1. The molecule has 3 rings (SSSR count). The molecule has 150 valence electrons. The lowest BCUT2D eigenvalue weighted by Crippen LogP contribution is -2.47. The van der Waals surface area contributed by atoms with Gasteiger partial charge in [-0.1, -0.05) is 41.6 Å². The zero-order valence-corrected chi connectivity index (χ0v) is 16.4. The number of carboxylic acids is 1. The average molecular weight is 385 g/mol. The molecule has 1 fully saturated rings. The minimum Gasteiger partial charge on any atom is -0.477 e. The number of oxime groups is 1. The van der Waals surface area contributed by atoms with E-state index in [0.29, 0.717) is 19.8 Å². The van der Waals surface area contributed by atoms with Gasteiger partial charge in [0.2, 0.25) is 0 Å². The molecular weight excluding hydrogens is 358 g/mol. The summed E-state index contributed by atoms with van der Waals surface area (Å²) in [6.07, 6.45) is 2.74. The van der Waals surface area contributed by atoms with Crippen molar-refractivity contribution in [2.45, 2.75) is 38.9 Å². The maximum absolute atomic E-state index is 11.1. The van der Waals surface area contributed by atoms with E-state index in [4.69, 9.17) is 19.4 Å². The Morgan fingerprint density at radius 1 is 1.18 bits per heavy atom. The number of hydrogen-bond acceptors (Lipinski definition) is 5. The quantitative estimate of drug-likeness (QED) is 0.418. The van der Waals surface area contributed by atoms with Gasteiger partial charge in [-0.2, -0.15) is 0 Å². The molecule has 0 spiro atoms. The zero-order valence-electron chi connectivity index (χ0n) is 16.4. The fraction of sp³-hybridized carbons (Fsp3) is 0.455. The van der Waals surface area contributed by atoms with E-state index in [1.807, 2.05) is 19.1 Å². The van der Waals surface area contributed by atoms with E-state index in [1.54, 1.807) is 0 Å². The highest BCUT2D eigenvalue weighted by atomic mass is 16.7. The lowest BCUT2D eigenvalue weighted by molar-refractivity contribution is -0.271. The van der Waals surface area contributed by atoms with Crippen LogP contribution in [0.15, 0.2) is 47.6 Å². The molecule has 0 radical (unpaired) electrons. The van der Waals surface area contributed by atoms with Crippen molar-refractivity contribution in [3.05, 3.63) is 48.0 Å². The lowest BCUT2D eigenvalue weighted by Gasteiger charge is -2.34. The number of ether oxygens (including phenoxy) is 2. The van der Waals surface area contributed by atoms with Gasteiger partial charge in [-0.3, -0.25) is 0 Å². The minimum absolute atomic E-state index is 0.218. The van der Waals surface area contributed by atoms with Gasteiger partial charge in [0, 0.05) is 12.8 Å². The summed E-state index contributed by atoms with van der Waals surface area (Å²) in [5, 5.41) is 15.7. The van der Waals surface area contributed by atoms with Gasteiger partial charge in [-0.05, 0) is 48.6 Å². The predicted molar refractivity (Wildman–Crippen MR) is 107 cm³/mol. The molecule has 2 aromatic carbocycles. The summed E-state index contributed by atoms with van der Waals surface area (Å²) in [7, 11) is 0. The van der Waals surface area contributed by atoms with E-state index < -0.39 is 11.8 Å². The van der Waals surface area contributed by atoms with Gasteiger partial charge in [-0.25, -0.2) is 4.79 Å². The Morgan fingerprint density at radius 3 is 2.61 bits per heavy atom. The van der Waals surface area contributed by atoms with Crippen LogP contribution in [0.25, 0.3) is 10.8 Å². The third-order valence-corrected chi connectivity index (χ3v) is 5.04. The molecule has 1 heterocycles. The monoisotopic (exact) mass is 385 g/mol. The largest absolute Gasteiger partial charge is 0.477 e. The molecule has 0 saturated carbocycles. The van der Waals surface area contributed by atoms with E-state index in [9.17, 15) is 4.79 Å². The summed E-state index contributed by atoms with van der Waals surface area (Å²) < 4.78 is 10.7. The van der Waals surface area contributed by atoms with Crippen molar-refractivity contribution >= 4 is 22.5 Å². The summed E-state index contributed by atoms with van der Waals surface area (Å²) in [4.78, 5) is 16.5. The molecule has 0 amide bonds. The molecule has 0 aromatic heterocycles. The van der Waals surface area contributed by atoms with Crippen molar-refractivity contribution in [1.29, 1.82) is 0 Å². The first-order chi connectivity index (χ1) is 13.5. The Labute approximate surface area is 165 Å². The minimum atomic E-state index is -1.51. The van der Waals surface area contributed by atoms with E-state index in [1.165, 1.54) is 17.7 Å². The predicted octanol–water partition coefficient (Wildman–Crippen LogP) is 4.21. The van der Waals surface area contributed by atoms with Gasteiger partial charge >= 0.3 is 5.97 Å². The summed E-state index contributed by atoms with van der Waals surface area (Å²) in [6, 6.07) is 14.5. The second-order valence-electron chi connectivity index (χ2n) is 7.31. The van der Waals surface area contributed by atoms with Crippen LogP contribution in [-0.4, -0.2) is 42.4 Å². The Kier molecular flexibility index (Phi) is 6.65. The van der Waals surface area contributed by atoms with E-state index in [-0.39, 0.29) is 5.92 Å². The molecule has 1 N–H and O–H groups in total. The van der Waals surface area contributed by atoms with Gasteiger partial charge in [0.15, 0.2) is 0 Å². The fourth-order valence-electron chi connectivity index (χ4n) is 3.14. The molecule has 1 aliphatic rings. The second kappa shape index (κ2) is 9.17. The molecule has 1 saturated heterocycles. The summed E-state index contributed by atoms with van der Waals surface area (Å²) in [5.41, 5.74) is 1.91. The summed E-state index contributed by atoms with van der Waals surface area (Å²) >= 11 is 0.